The fourth-order valence-electron chi connectivity index (χ4n) is 1.96. The third kappa shape index (κ3) is 4.54. The number of nitrogens with zero attached hydrogens (tertiary/aromatic N) is 1. The highest BCUT2D eigenvalue weighted by atomic mass is 16.5. The molecule has 1 unspecified atom stereocenters. The minimum absolute atomic E-state index is 0.0392. The summed E-state index contributed by atoms with van der Waals surface area (Å²) in [6, 6.07) is 7.96. The summed E-state index contributed by atoms with van der Waals surface area (Å²) >= 11 is 0. The van der Waals surface area contributed by atoms with Gasteiger partial charge in [-0.2, -0.15) is 0 Å². The number of hydrogen-bond donors (Lipinski definition) is 2. The number of methoxy groups -OCH3 is 1. The quantitative estimate of drug-likeness (QED) is 0.764. The summed E-state index contributed by atoms with van der Waals surface area (Å²) in [5.41, 5.74) is 6.97. The van der Waals surface area contributed by atoms with Gasteiger partial charge >= 0.3 is 0 Å². The summed E-state index contributed by atoms with van der Waals surface area (Å²) in [7, 11) is 5.27. The first-order valence-corrected chi connectivity index (χ1v) is 6.37. The van der Waals surface area contributed by atoms with Crippen LogP contribution in [0.15, 0.2) is 24.3 Å². The lowest BCUT2D eigenvalue weighted by Crippen LogP contribution is -2.33. The van der Waals surface area contributed by atoms with Gasteiger partial charge in [0, 0.05) is 32.6 Å². The summed E-state index contributed by atoms with van der Waals surface area (Å²) in [6.07, 6.45) is 0.472. The molecule has 0 fully saturated rings. The molecule has 0 heterocycles. The molecule has 1 aromatic carbocycles. The Morgan fingerprint density at radius 1 is 1.42 bits per heavy atom. The van der Waals surface area contributed by atoms with Crippen molar-refractivity contribution in [2.24, 2.45) is 5.73 Å². The number of benzene rings is 1. The first-order valence-electron chi connectivity index (χ1n) is 6.37. The van der Waals surface area contributed by atoms with E-state index in [1.807, 2.05) is 31.3 Å². The predicted octanol–water partition coefficient (Wildman–Crippen LogP) is 0.763. The topological polar surface area (TPSA) is 67.6 Å². The van der Waals surface area contributed by atoms with Gasteiger partial charge in [0.15, 0.2) is 0 Å². The summed E-state index contributed by atoms with van der Waals surface area (Å²) in [5.74, 6) is 0.866. The number of hydrogen-bond acceptors (Lipinski definition) is 4. The van der Waals surface area contributed by atoms with Gasteiger partial charge in [0.25, 0.3) is 0 Å². The van der Waals surface area contributed by atoms with Crippen LogP contribution in [0.25, 0.3) is 0 Å². The van der Waals surface area contributed by atoms with Crippen LogP contribution in [0.5, 0.6) is 5.75 Å². The van der Waals surface area contributed by atoms with Gasteiger partial charge in [0.2, 0.25) is 5.91 Å². The number of ether oxygens (including phenoxy) is 1. The molecule has 0 aliphatic carbocycles. The first-order chi connectivity index (χ1) is 9.12. The maximum atomic E-state index is 11.3. The summed E-state index contributed by atoms with van der Waals surface area (Å²) in [5, 5.41) is 2.62. The summed E-state index contributed by atoms with van der Waals surface area (Å²) < 4.78 is 5.14. The van der Waals surface area contributed by atoms with Crippen LogP contribution in [0.1, 0.15) is 18.0 Å². The third-order valence-corrected chi connectivity index (χ3v) is 3.23. The van der Waals surface area contributed by atoms with Crippen molar-refractivity contribution in [2.75, 3.05) is 34.3 Å². The molecule has 1 atom stereocenters. The second kappa shape index (κ2) is 7.76. The molecule has 0 aliphatic heterocycles. The number of likely N-dealkylation sites (N-methyl/N-ethyl adjacent to an activating group) is 1. The molecule has 0 saturated heterocycles. The molecule has 0 bridgehead atoms. The van der Waals surface area contributed by atoms with Crippen molar-refractivity contribution in [3.05, 3.63) is 29.8 Å². The Kier molecular flexibility index (Phi) is 6.32. The van der Waals surface area contributed by atoms with E-state index in [0.717, 1.165) is 11.3 Å². The number of carbonyl (C=O) groups excluding carboxylic acids is 1. The highest BCUT2D eigenvalue weighted by Gasteiger charge is 2.16. The Morgan fingerprint density at radius 2 is 2.05 bits per heavy atom. The highest BCUT2D eigenvalue weighted by Crippen LogP contribution is 2.21. The van der Waals surface area contributed by atoms with Gasteiger partial charge < -0.3 is 15.8 Å². The highest BCUT2D eigenvalue weighted by molar-refractivity contribution is 5.75. The lowest BCUT2D eigenvalue weighted by Gasteiger charge is -2.27. The molecular formula is C14H23N3O2. The van der Waals surface area contributed by atoms with Gasteiger partial charge in [-0.25, -0.2) is 0 Å². The molecule has 106 valence electrons. The monoisotopic (exact) mass is 265 g/mol. The van der Waals surface area contributed by atoms with Gasteiger partial charge in [-0.1, -0.05) is 12.1 Å². The minimum atomic E-state index is 0.0392. The van der Waals surface area contributed by atoms with Gasteiger partial charge in [0.1, 0.15) is 5.75 Å². The van der Waals surface area contributed by atoms with Crippen molar-refractivity contribution >= 4 is 5.91 Å². The number of carbonyl (C=O) groups is 1. The Bertz CT molecular complexity index is 392. The normalized spacial score (nSPS) is 12.3. The Morgan fingerprint density at radius 3 is 2.53 bits per heavy atom. The average molecular weight is 265 g/mol. The van der Waals surface area contributed by atoms with Crippen LogP contribution in [0.2, 0.25) is 0 Å². The van der Waals surface area contributed by atoms with Crippen molar-refractivity contribution in [2.45, 2.75) is 12.5 Å². The molecule has 1 rings (SSSR count). The van der Waals surface area contributed by atoms with E-state index >= 15 is 0 Å². The summed E-state index contributed by atoms with van der Waals surface area (Å²) in [6.45, 7) is 1.18. The second-order valence-electron chi connectivity index (χ2n) is 4.43. The van der Waals surface area contributed by atoms with E-state index in [0.29, 0.717) is 19.5 Å². The molecule has 1 amide bonds. The predicted molar refractivity (Wildman–Crippen MR) is 76.1 cm³/mol. The Labute approximate surface area is 114 Å². The standard InChI is InChI=1S/C14H23N3O2/c1-16-14(18)8-9-17(2)13(10-15)11-4-6-12(19-3)7-5-11/h4-7,13H,8-10,15H2,1-3H3,(H,16,18). The zero-order valence-electron chi connectivity index (χ0n) is 11.8. The van der Waals surface area contributed by atoms with E-state index in [9.17, 15) is 4.79 Å². The van der Waals surface area contributed by atoms with Gasteiger partial charge in [-0.05, 0) is 24.7 Å². The number of nitrogens with one attached hydrogen (secondary N) is 1. The number of nitrogens with two attached hydrogens (primary N) is 1. The van der Waals surface area contributed by atoms with E-state index in [-0.39, 0.29) is 11.9 Å². The zero-order chi connectivity index (χ0) is 14.3. The molecule has 3 N–H and O–H groups in total. The van der Waals surface area contributed by atoms with Crippen LogP contribution in [-0.2, 0) is 4.79 Å². The van der Waals surface area contributed by atoms with Crippen LogP contribution in [0.4, 0.5) is 0 Å². The van der Waals surface area contributed by atoms with Crippen molar-refractivity contribution in [1.82, 2.24) is 10.2 Å². The number of rotatable bonds is 7. The zero-order valence-corrected chi connectivity index (χ0v) is 11.8. The van der Waals surface area contributed by atoms with E-state index in [2.05, 4.69) is 10.2 Å². The SMILES string of the molecule is CNC(=O)CCN(C)C(CN)c1ccc(OC)cc1. The fourth-order valence-corrected chi connectivity index (χ4v) is 1.96. The molecule has 5 nitrogen and oxygen atoms in total. The van der Waals surface area contributed by atoms with E-state index in [1.54, 1.807) is 14.2 Å². The molecule has 0 aromatic heterocycles. The van der Waals surface area contributed by atoms with E-state index in [4.69, 9.17) is 10.5 Å². The van der Waals surface area contributed by atoms with Crippen molar-refractivity contribution in [3.63, 3.8) is 0 Å². The Balaban J connectivity index is 2.67. The van der Waals surface area contributed by atoms with Gasteiger partial charge in [0.05, 0.1) is 7.11 Å². The van der Waals surface area contributed by atoms with Crippen LogP contribution < -0.4 is 15.8 Å². The lowest BCUT2D eigenvalue weighted by atomic mass is 10.1. The molecule has 19 heavy (non-hydrogen) atoms. The molecule has 0 radical (unpaired) electrons. The van der Waals surface area contributed by atoms with Crippen molar-refractivity contribution in [1.29, 1.82) is 0 Å². The molecule has 0 aliphatic rings. The van der Waals surface area contributed by atoms with E-state index < -0.39 is 0 Å². The third-order valence-electron chi connectivity index (χ3n) is 3.23. The number of amides is 1. The largest absolute Gasteiger partial charge is 0.497 e. The minimum Gasteiger partial charge on any atom is -0.497 e. The summed E-state index contributed by atoms with van der Waals surface area (Å²) in [4.78, 5) is 13.4. The first kappa shape index (κ1) is 15.5. The van der Waals surface area contributed by atoms with Crippen LogP contribution in [0.3, 0.4) is 0 Å². The second-order valence-corrected chi connectivity index (χ2v) is 4.43. The van der Waals surface area contributed by atoms with Crippen LogP contribution >= 0.6 is 0 Å². The fraction of sp³-hybridized carbons (Fsp3) is 0.500. The molecule has 0 spiro atoms. The van der Waals surface area contributed by atoms with Crippen LogP contribution in [-0.4, -0.2) is 45.1 Å². The van der Waals surface area contributed by atoms with Gasteiger partial charge in [-0.3, -0.25) is 9.69 Å². The van der Waals surface area contributed by atoms with Crippen LogP contribution in [0, 0.1) is 0 Å². The maximum absolute atomic E-state index is 11.3. The maximum Gasteiger partial charge on any atom is 0.221 e. The average Bonchev–Trinajstić information content (AvgIpc) is 2.46. The smallest absolute Gasteiger partial charge is 0.221 e. The molecular weight excluding hydrogens is 242 g/mol. The Hall–Kier alpha value is -1.59. The van der Waals surface area contributed by atoms with Crippen molar-refractivity contribution < 1.29 is 9.53 Å². The molecule has 1 aromatic rings. The van der Waals surface area contributed by atoms with Gasteiger partial charge in [-0.15, -0.1) is 0 Å². The lowest BCUT2D eigenvalue weighted by molar-refractivity contribution is -0.120. The molecule has 0 saturated carbocycles. The van der Waals surface area contributed by atoms with E-state index in [1.165, 1.54) is 0 Å². The van der Waals surface area contributed by atoms with Crippen molar-refractivity contribution in [3.8, 4) is 5.75 Å². The molecule has 5 heteroatoms.